The molecule has 1 saturated carbocycles. The molecule has 0 aromatic carbocycles. The molecule has 6 heteroatoms. The molecule has 1 aliphatic heterocycles. The number of amides is 1. The topological polar surface area (TPSA) is 61.4 Å². The smallest absolute Gasteiger partial charge is 0.249 e. The SMILES string of the molecule is C=C/C(=C\C=C/CC)Nc1ncc2c(n1)N(C1CCCC1)C(CC)C(=O)N2C. The summed E-state index contributed by atoms with van der Waals surface area (Å²) in [5.74, 6) is 1.50. The van der Waals surface area contributed by atoms with Gasteiger partial charge in [-0.3, -0.25) is 4.79 Å². The highest BCUT2D eigenvalue weighted by atomic mass is 16.2. The molecule has 1 amide bonds. The lowest BCUT2D eigenvalue weighted by molar-refractivity contribution is -0.120. The number of hydrogen-bond acceptors (Lipinski definition) is 5. The summed E-state index contributed by atoms with van der Waals surface area (Å²) in [6, 6.07) is 0.205. The number of allylic oxidation sites excluding steroid dienone is 4. The van der Waals surface area contributed by atoms with Crippen molar-refractivity contribution in [2.75, 3.05) is 22.2 Å². The summed E-state index contributed by atoms with van der Waals surface area (Å²) in [6.45, 7) is 8.03. The van der Waals surface area contributed by atoms with Gasteiger partial charge >= 0.3 is 0 Å². The van der Waals surface area contributed by atoms with Gasteiger partial charge in [0.05, 0.1) is 6.20 Å². The van der Waals surface area contributed by atoms with Gasteiger partial charge in [0.2, 0.25) is 11.9 Å². The second-order valence-electron chi connectivity index (χ2n) is 7.36. The molecule has 0 radical (unpaired) electrons. The van der Waals surface area contributed by atoms with Crippen LogP contribution in [0, 0.1) is 0 Å². The largest absolute Gasteiger partial charge is 0.340 e. The van der Waals surface area contributed by atoms with Gasteiger partial charge in [-0.05, 0) is 37.8 Å². The van der Waals surface area contributed by atoms with E-state index in [1.165, 1.54) is 12.8 Å². The van der Waals surface area contributed by atoms with E-state index in [4.69, 9.17) is 4.98 Å². The van der Waals surface area contributed by atoms with Crippen molar-refractivity contribution in [1.82, 2.24) is 9.97 Å². The standard InChI is InChI=1S/C22H31N5O/c1-5-8-9-12-16(6-2)24-22-23-15-19-20(25-22)27(17-13-10-11-14-17)18(7-3)21(28)26(19)4/h6,8-9,12,15,17-18H,2,5,7,10-11,13-14H2,1,3-4H3,(H,23,24,25)/b9-8-,16-12+. The Balaban J connectivity index is 1.97. The number of nitrogens with zero attached hydrogens (tertiary/aromatic N) is 4. The number of rotatable bonds is 7. The van der Waals surface area contributed by atoms with Gasteiger partial charge in [0.15, 0.2) is 5.82 Å². The second-order valence-corrected chi connectivity index (χ2v) is 7.36. The summed E-state index contributed by atoms with van der Waals surface area (Å²) in [5.41, 5.74) is 1.62. The van der Waals surface area contributed by atoms with Crippen molar-refractivity contribution in [2.45, 2.75) is 64.5 Å². The Kier molecular flexibility index (Phi) is 6.49. The number of fused-ring (bicyclic) bond motifs is 1. The molecule has 1 aromatic heterocycles. The fourth-order valence-corrected chi connectivity index (χ4v) is 4.04. The molecule has 1 atom stereocenters. The lowest BCUT2D eigenvalue weighted by Gasteiger charge is -2.43. The number of likely N-dealkylation sites (N-methyl/N-ethyl adjacent to an activating group) is 1. The van der Waals surface area contributed by atoms with E-state index in [9.17, 15) is 4.79 Å². The maximum atomic E-state index is 12.9. The third kappa shape index (κ3) is 3.96. The molecule has 2 heterocycles. The van der Waals surface area contributed by atoms with Crippen molar-refractivity contribution in [1.29, 1.82) is 0 Å². The van der Waals surface area contributed by atoms with Crippen molar-refractivity contribution in [2.24, 2.45) is 0 Å². The van der Waals surface area contributed by atoms with E-state index in [0.717, 1.165) is 42.9 Å². The molecule has 1 aliphatic carbocycles. The number of nitrogens with one attached hydrogen (secondary N) is 1. The van der Waals surface area contributed by atoms with Crippen LogP contribution in [0.2, 0.25) is 0 Å². The first kappa shape index (κ1) is 20.1. The van der Waals surface area contributed by atoms with Gasteiger partial charge in [0.1, 0.15) is 11.7 Å². The van der Waals surface area contributed by atoms with Gasteiger partial charge in [0, 0.05) is 18.8 Å². The van der Waals surface area contributed by atoms with E-state index in [2.05, 4.69) is 41.7 Å². The van der Waals surface area contributed by atoms with E-state index < -0.39 is 0 Å². The molecule has 3 rings (SSSR count). The quantitative estimate of drug-likeness (QED) is 0.708. The molecular weight excluding hydrogens is 350 g/mol. The van der Waals surface area contributed by atoms with Crippen molar-refractivity contribution >= 4 is 23.4 Å². The zero-order valence-corrected chi connectivity index (χ0v) is 17.2. The monoisotopic (exact) mass is 381 g/mol. The lowest BCUT2D eigenvalue weighted by atomic mass is 10.0. The number of anilines is 3. The minimum absolute atomic E-state index is 0.127. The Morgan fingerprint density at radius 1 is 1.36 bits per heavy atom. The number of carbonyl (C=O) groups is 1. The molecule has 1 N–H and O–H groups in total. The van der Waals surface area contributed by atoms with E-state index in [1.54, 1.807) is 17.2 Å². The fraction of sp³-hybridized carbons (Fsp3) is 0.500. The van der Waals surface area contributed by atoms with Gasteiger partial charge in [-0.25, -0.2) is 4.98 Å². The van der Waals surface area contributed by atoms with Gasteiger partial charge in [-0.1, -0.05) is 45.4 Å². The summed E-state index contributed by atoms with van der Waals surface area (Å²) < 4.78 is 0. The first-order valence-electron chi connectivity index (χ1n) is 10.3. The molecular formula is C22H31N5O. The van der Waals surface area contributed by atoms with Crippen LogP contribution >= 0.6 is 0 Å². The summed E-state index contributed by atoms with van der Waals surface area (Å²) in [7, 11) is 1.82. The van der Waals surface area contributed by atoms with E-state index in [1.807, 2.05) is 19.2 Å². The first-order valence-corrected chi connectivity index (χ1v) is 10.3. The maximum Gasteiger partial charge on any atom is 0.249 e. The molecule has 1 aromatic rings. The molecule has 150 valence electrons. The average molecular weight is 382 g/mol. The summed E-state index contributed by atoms with van der Waals surface area (Å²) >= 11 is 0. The van der Waals surface area contributed by atoms with Gasteiger partial charge in [0.25, 0.3) is 0 Å². The highest BCUT2D eigenvalue weighted by Crippen LogP contribution is 2.39. The molecule has 0 saturated heterocycles. The van der Waals surface area contributed by atoms with E-state index in [0.29, 0.717) is 12.0 Å². The van der Waals surface area contributed by atoms with Crippen LogP contribution in [0.25, 0.3) is 0 Å². The highest BCUT2D eigenvalue weighted by molar-refractivity contribution is 6.04. The molecule has 6 nitrogen and oxygen atoms in total. The van der Waals surface area contributed by atoms with E-state index >= 15 is 0 Å². The van der Waals surface area contributed by atoms with Crippen LogP contribution in [-0.2, 0) is 4.79 Å². The van der Waals surface area contributed by atoms with E-state index in [-0.39, 0.29) is 11.9 Å². The third-order valence-corrected chi connectivity index (χ3v) is 5.54. The molecule has 28 heavy (non-hydrogen) atoms. The van der Waals surface area contributed by atoms with Crippen molar-refractivity contribution in [3.05, 3.63) is 42.8 Å². The van der Waals surface area contributed by atoms with Crippen LogP contribution in [0.4, 0.5) is 17.5 Å². The average Bonchev–Trinajstić information content (AvgIpc) is 3.24. The lowest BCUT2D eigenvalue weighted by Crippen LogP contribution is -2.55. The first-order chi connectivity index (χ1) is 13.6. The predicted molar refractivity (Wildman–Crippen MR) is 116 cm³/mol. The number of aromatic nitrogens is 2. The minimum Gasteiger partial charge on any atom is -0.340 e. The Morgan fingerprint density at radius 2 is 2.11 bits per heavy atom. The molecule has 0 spiro atoms. The predicted octanol–water partition coefficient (Wildman–Crippen LogP) is 4.43. The zero-order chi connectivity index (χ0) is 20.1. The van der Waals surface area contributed by atoms with Crippen LogP contribution in [-0.4, -0.2) is 35.0 Å². The summed E-state index contributed by atoms with van der Waals surface area (Å²) in [4.78, 5) is 26.2. The van der Waals surface area contributed by atoms with Crippen LogP contribution in [0.1, 0.15) is 52.4 Å². The molecule has 1 unspecified atom stereocenters. The molecule has 0 bridgehead atoms. The van der Waals surface area contributed by atoms with Crippen LogP contribution < -0.4 is 15.1 Å². The zero-order valence-electron chi connectivity index (χ0n) is 17.2. The summed E-state index contributed by atoms with van der Waals surface area (Å²) in [6.07, 6.45) is 15.9. The Bertz CT molecular complexity index is 779. The third-order valence-electron chi connectivity index (χ3n) is 5.54. The van der Waals surface area contributed by atoms with Crippen molar-refractivity contribution < 1.29 is 4.79 Å². The van der Waals surface area contributed by atoms with Gasteiger partial charge < -0.3 is 15.1 Å². The molecule has 1 fully saturated rings. The Labute approximate surface area is 168 Å². The van der Waals surface area contributed by atoms with Crippen LogP contribution in [0.5, 0.6) is 0 Å². The number of hydrogen-bond donors (Lipinski definition) is 1. The normalized spacial score (nSPS) is 20.8. The highest BCUT2D eigenvalue weighted by Gasteiger charge is 2.41. The fourth-order valence-electron chi connectivity index (χ4n) is 4.04. The Hall–Kier alpha value is -2.63. The van der Waals surface area contributed by atoms with Gasteiger partial charge in [-0.15, -0.1) is 0 Å². The van der Waals surface area contributed by atoms with Gasteiger partial charge in [-0.2, -0.15) is 4.98 Å². The summed E-state index contributed by atoms with van der Waals surface area (Å²) in [5, 5.41) is 3.25. The van der Waals surface area contributed by atoms with Crippen LogP contribution in [0.3, 0.4) is 0 Å². The Morgan fingerprint density at radius 3 is 2.75 bits per heavy atom. The van der Waals surface area contributed by atoms with Crippen molar-refractivity contribution in [3.63, 3.8) is 0 Å². The molecule has 2 aliphatic rings. The maximum absolute atomic E-state index is 12.9. The van der Waals surface area contributed by atoms with Crippen LogP contribution in [0.15, 0.2) is 42.8 Å². The number of carbonyl (C=O) groups excluding carboxylic acids is 1. The second kappa shape index (κ2) is 9.04. The van der Waals surface area contributed by atoms with Crippen molar-refractivity contribution in [3.8, 4) is 0 Å². The minimum atomic E-state index is -0.162.